The summed E-state index contributed by atoms with van der Waals surface area (Å²) < 4.78 is 0. The van der Waals surface area contributed by atoms with Crippen molar-refractivity contribution in [1.29, 1.82) is 0 Å². The Balaban J connectivity index is 0.00000450. The minimum absolute atomic E-state index is 0. The number of rotatable bonds is 11. The number of phenols is 1. The second-order valence-corrected chi connectivity index (χ2v) is 6.82. The van der Waals surface area contributed by atoms with Gasteiger partial charge < -0.3 is 25.6 Å². The molecule has 2 rings (SSSR count). The molecular weight excluding hydrogens is 414 g/mol. The first-order valence-electron chi connectivity index (χ1n) is 9.54. The number of aromatic nitrogens is 1. The van der Waals surface area contributed by atoms with Crippen molar-refractivity contribution < 1.29 is 29.7 Å². The first kappa shape index (κ1) is 25.3. The number of carbonyl (C=O) groups excluding carboxylic acids is 1. The standard InChI is InChI=1S/C20H27N3O6.ClH/c1-3-23(4-2)17(19(27)22-16(20(28)29)7-8-18(25)26)9-12-11-21-15-6-5-13(24)10-14(12)15;/h5-6,10-11,16-17,21,24H,3-4,7-9H2,1-2H3,(H,22,27)(H,25,26)(H,28,29);1H/t16-,17-;/m0./s1. The molecule has 0 unspecified atom stereocenters. The number of H-pyrrole nitrogens is 1. The lowest BCUT2D eigenvalue weighted by molar-refractivity contribution is -0.143. The molecule has 0 fully saturated rings. The van der Waals surface area contributed by atoms with Crippen LogP contribution in [0.15, 0.2) is 24.4 Å². The van der Waals surface area contributed by atoms with Crippen molar-refractivity contribution in [2.45, 2.75) is 45.2 Å². The third kappa shape index (κ3) is 6.36. The molecule has 1 aromatic heterocycles. The summed E-state index contributed by atoms with van der Waals surface area (Å²) in [4.78, 5) is 40.2. The SMILES string of the molecule is CCN(CC)[C@@H](Cc1c[nH]c2ccc(O)cc12)C(=O)N[C@@H](CCC(=O)O)C(=O)O.Cl. The summed E-state index contributed by atoms with van der Waals surface area (Å²) in [6.45, 7) is 4.97. The van der Waals surface area contributed by atoms with Crippen molar-refractivity contribution in [3.63, 3.8) is 0 Å². The summed E-state index contributed by atoms with van der Waals surface area (Å²) in [6.07, 6.45) is 1.53. The highest BCUT2D eigenvalue weighted by molar-refractivity contribution is 5.89. The number of hydrogen-bond acceptors (Lipinski definition) is 5. The highest BCUT2D eigenvalue weighted by Crippen LogP contribution is 2.25. The van der Waals surface area contributed by atoms with E-state index in [1.54, 1.807) is 24.4 Å². The van der Waals surface area contributed by atoms with Gasteiger partial charge >= 0.3 is 11.9 Å². The minimum Gasteiger partial charge on any atom is -0.508 e. The molecule has 2 aromatic rings. The number of carboxylic acids is 2. The number of likely N-dealkylation sites (N-methyl/N-ethyl adjacent to an activating group) is 1. The van der Waals surface area contributed by atoms with E-state index in [9.17, 15) is 24.6 Å². The summed E-state index contributed by atoms with van der Waals surface area (Å²) in [5.74, 6) is -2.75. The normalized spacial score (nSPS) is 12.9. The molecule has 0 bridgehead atoms. The Labute approximate surface area is 180 Å². The number of amides is 1. The quantitative estimate of drug-likeness (QED) is 0.358. The number of benzene rings is 1. The first-order chi connectivity index (χ1) is 13.8. The van der Waals surface area contributed by atoms with Crippen LogP contribution in [0.5, 0.6) is 5.75 Å². The Bertz CT molecular complexity index is 881. The molecule has 30 heavy (non-hydrogen) atoms. The van der Waals surface area contributed by atoms with Gasteiger partial charge in [-0.25, -0.2) is 4.79 Å². The second kappa shape index (κ2) is 11.4. The number of hydrogen-bond donors (Lipinski definition) is 5. The van der Waals surface area contributed by atoms with Gasteiger partial charge in [0.05, 0.1) is 6.04 Å². The molecule has 1 amide bonds. The fourth-order valence-electron chi connectivity index (χ4n) is 3.39. The van der Waals surface area contributed by atoms with Crippen LogP contribution in [0.25, 0.3) is 10.9 Å². The van der Waals surface area contributed by atoms with Crippen LogP contribution in [-0.4, -0.2) is 68.2 Å². The Morgan fingerprint density at radius 1 is 1.17 bits per heavy atom. The van der Waals surface area contributed by atoms with Gasteiger partial charge in [-0.1, -0.05) is 13.8 Å². The number of carboxylic acid groups (broad SMARTS) is 2. The molecule has 166 valence electrons. The van der Waals surface area contributed by atoms with Crippen LogP contribution in [0.2, 0.25) is 0 Å². The van der Waals surface area contributed by atoms with Crippen LogP contribution in [0, 0.1) is 0 Å². The van der Waals surface area contributed by atoms with E-state index in [2.05, 4.69) is 10.3 Å². The predicted molar refractivity (Wildman–Crippen MR) is 114 cm³/mol. The predicted octanol–water partition coefficient (Wildman–Crippen LogP) is 1.98. The molecule has 0 spiro atoms. The molecule has 0 radical (unpaired) electrons. The number of aliphatic carboxylic acids is 2. The van der Waals surface area contributed by atoms with E-state index < -0.39 is 29.9 Å². The fraction of sp³-hybridized carbons (Fsp3) is 0.450. The van der Waals surface area contributed by atoms with Gasteiger partial charge in [-0.3, -0.25) is 14.5 Å². The molecule has 2 atom stereocenters. The van der Waals surface area contributed by atoms with Crippen LogP contribution in [0.3, 0.4) is 0 Å². The van der Waals surface area contributed by atoms with Crippen molar-refractivity contribution in [1.82, 2.24) is 15.2 Å². The number of fused-ring (bicyclic) bond motifs is 1. The van der Waals surface area contributed by atoms with Gasteiger partial charge in [0.25, 0.3) is 0 Å². The third-order valence-electron chi connectivity index (χ3n) is 4.98. The van der Waals surface area contributed by atoms with Gasteiger partial charge in [0, 0.05) is 23.5 Å². The molecule has 0 saturated carbocycles. The van der Waals surface area contributed by atoms with E-state index in [1.165, 1.54) is 0 Å². The second-order valence-electron chi connectivity index (χ2n) is 6.82. The third-order valence-corrected chi connectivity index (χ3v) is 4.98. The molecule has 1 aromatic carbocycles. The van der Waals surface area contributed by atoms with Gasteiger partial charge in [-0.15, -0.1) is 12.4 Å². The largest absolute Gasteiger partial charge is 0.508 e. The first-order valence-corrected chi connectivity index (χ1v) is 9.54. The highest BCUT2D eigenvalue weighted by atomic mass is 35.5. The number of nitrogens with zero attached hydrogens (tertiary/aromatic N) is 1. The van der Waals surface area contributed by atoms with E-state index in [4.69, 9.17) is 5.11 Å². The van der Waals surface area contributed by atoms with E-state index in [0.717, 1.165) is 16.5 Å². The van der Waals surface area contributed by atoms with E-state index in [0.29, 0.717) is 19.5 Å². The van der Waals surface area contributed by atoms with Crippen molar-refractivity contribution in [2.24, 2.45) is 0 Å². The molecule has 0 aliphatic carbocycles. The van der Waals surface area contributed by atoms with Crippen LogP contribution in [0.4, 0.5) is 0 Å². The van der Waals surface area contributed by atoms with Gasteiger partial charge in [0.15, 0.2) is 0 Å². The van der Waals surface area contributed by atoms with Crippen molar-refractivity contribution >= 4 is 41.2 Å². The molecule has 5 N–H and O–H groups in total. The number of aromatic amines is 1. The Kier molecular flexibility index (Phi) is 9.61. The number of phenolic OH excluding ortho intramolecular Hbond substituents is 1. The molecule has 0 aliphatic rings. The smallest absolute Gasteiger partial charge is 0.326 e. The number of aromatic hydroxyl groups is 1. The lowest BCUT2D eigenvalue weighted by atomic mass is 10.0. The maximum atomic E-state index is 13.0. The van der Waals surface area contributed by atoms with Crippen LogP contribution < -0.4 is 5.32 Å². The molecule has 10 heteroatoms. The molecule has 9 nitrogen and oxygen atoms in total. The Hall–Kier alpha value is -2.78. The number of nitrogens with one attached hydrogen (secondary N) is 2. The summed E-state index contributed by atoms with van der Waals surface area (Å²) in [7, 11) is 0. The minimum atomic E-state index is -1.27. The molecular formula is C20H28ClN3O6. The van der Waals surface area contributed by atoms with Crippen LogP contribution >= 0.6 is 12.4 Å². The lowest BCUT2D eigenvalue weighted by Gasteiger charge is -2.29. The van der Waals surface area contributed by atoms with E-state index in [-0.39, 0.29) is 31.0 Å². The van der Waals surface area contributed by atoms with Crippen LogP contribution in [0.1, 0.15) is 32.3 Å². The van der Waals surface area contributed by atoms with Crippen LogP contribution in [-0.2, 0) is 20.8 Å². The zero-order valence-electron chi connectivity index (χ0n) is 16.9. The topological polar surface area (TPSA) is 143 Å². The highest BCUT2D eigenvalue weighted by Gasteiger charge is 2.29. The van der Waals surface area contributed by atoms with Crippen molar-refractivity contribution in [2.75, 3.05) is 13.1 Å². The number of halogens is 1. The van der Waals surface area contributed by atoms with E-state index in [1.807, 2.05) is 18.7 Å². The molecule has 1 heterocycles. The van der Waals surface area contributed by atoms with Crippen molar-refractivity contribution in [3.8, 4) is 5.75 Å². The lowest BCUT2D eigenvalue weighted by Crippen LogP contribution is -2.52. The summed E-state index contributed by atoms with van der Waals surface area (Å²) >= 11 is 0. The van der Waals surface area contributed by atoms with Gasteiger partial charge in [0.2, 0.25) is 5.91 Å². The molecule has 0 aliphatic heterocycles. The summed E-state index contributed by atoms with van der Waals surface area (Å²) in [6, 6.07) is 3.01. The summed E-state index contributed by atoms with van der Waals surface area (Å²) in [5.41, 5.74) is 1.64. The summed E-state index contributed by atoms with van der Waals surface area (Å²) in [5, 5.41) is 31.2. The number of carbonyl (C=O) groups is 3. The van der Waals surface area contributed by atoms with Crippen molar-refractivity contribution in [3.05, 3.63) is 30.0 Å². The van der Waals surface area contributed by atoms with Gasteiger partial charge in [-0.05, 0) is 49.7 Å². The average Bonchev–Trinajstić information content (AvgIpc) is 3.06. The fourth-order valence-corrected chi connectivity index (χ4v) is 3.39. The maximum Gasteiger partial charge on any atom is 0.326 e. The van der Waals surface area contributed by atoms with Gasteiger partial charge in [-0.2, -0.15) is 0 Å². The maximum absolute atomic E-state index is 13.0. The Morgan fingerprint density at radius 3 is 2.40 bits per heavy atom. The van der Waals surface area contributed by atoms with E-state index >= 15 is 0 Å². The zero-order valence-corrected chi connectivity index (χ0v) is 17.7. The van der Waals surface area contributed by atoms with Gasteiger partial charge in [0.1, 0.15) is 11.8 Å². The Morgan fingerprint density at radius 2 is 1.83 bits per heavy atom. The monoisotopic (exact) mass is 441 g/mol. The molecule has 0 saturated heterocycles. The average molecular weight is 442 g/mol. The zero-order chi connectivity index (χ0) is 21.6.